The number of ether oxygens (including phenoxy) is 1. The van der Waals surface area contributed by atoms with Gasteiger partial charge in [0.05, 0.1) is 23.9 Å². The normalized spacial score (nSPS) is 60.8. The van der Waals surface area contributed by atoms with Gasteiger partial charge >= 0.3 is 0 Å². The van der Waals surface area contributed by atoms with Gasteiger partial charge in [-0.3, -0.25) is 0 Å². The molecule has 1 aliphatic heterocycles. The van der Waals surface area contributed by atoms with Crippen LogP contribution in [0.1, 0.15) is 113 Å². The highest BCUT2D eigenvalue weighted by atomic mass is 16.6. The third-order valence-corrected chi connectivity index (χ3v) is 13.8. The molecule has 1 heterocycles. The first-order valence-corrected chi connectivity index (χ1v) is 14.3. The minimum Gasteiger partial charge on any atom is -0.393 e. The summed E-state index contributed by atoms with van der Waals surface area (Å²) in [6.07, 6.45) is 11.9. The van der Waals surface area contributed by atoms with E-state index in [9.17, 15) is 10.2 Å². The Morgan fingerprint density at radius 3 is 1.79 bits per heavy atom. The Kier molecular flexibility index (Phi) is 4.66. The summed E-state index contributed by atoms with van der Waals surface area (Å²) >= 11 is 0. The molecule has 5 saturated carbocycles. The molecule has 6 aliphatic rings. The molecule has 0 bridgehead atoms. The second-order valence-corrected chi connectivity index (χ2v) is 15.7. The van der Waals surface area contributed by atoms with Crippen LogP contribution in [-0.2, 0) is 4.74 Å². The van der Waals surface area contributed by atoms with Gasteiger partial charge in [0.2, 0.25) is 0 Å². The molecular formula is C30H50O3. The van der Waals surface area contributed by atoms with Gasteiger partial charge in [0.15, 0.2) is 0 Å². The molecule has 0 unspecified atom stereocenters. The van der Waals surface area contributed by atoms with Crippen LogP contribution in [0.15, 0.2) is 0 Å². The minimum atomic E-state index is -0.178. The smallest absolute Gasteiger partial charge is 0.0987 e. The van der Waals surface area contributed by atoms with E-state index >= 15 is 0 Å². The lowest BCUT2D eigenvalue weighted by Gasteiger charge is -2.63. The standard InChI is InChI=1S/C30H50O3/c1-25(2)18-10-13-27(5)17-30-20(9-8-19(27)28(18,6)14-11-22(25)31)29(7)15-12-23(32)26(3,4)21(29)16-24(30)33-30/h18-24,31-32H,8-17H2,1-7H3/t18-,19-,20+,21-,22-,23+,24+,27-,28-,29+,30-/m0/s1. The number of hydrogen-bond donors (Lipinski definition) is 2. The lowest BCUT2D eigenvalue weighted by atomic mass is 9.41. The first kappa shape index (κ1) is 23.3. The third kappa shape index (κ3) is 2.74. The number of epoxide rings is 1. The second-order valence-electron chi connectivity index (χ2n) is 15.7. The van der Waals surface area contributed by atoms with E-state index in [4.69, 9.17) is 4.74 Å². The van der Waals surface area contributed by atoms with Crippen LogP contribution in [0.3, 0.4) is 0 Å². The summed E-state index contributed by atoms with van der Waals surface area (Å²) in [7, 11) is 0. The van der Waals surface area contributed by atoms with Crippen molar-refractivity contribution in [2.24, 2.45) is 50.7 Å². The molecule has 3 heteroatoms. The molecule has 0 amide bonds. The molecule has 5 aliphatic carbocycles. The fourth-order valence-electron chi connectivity index (χ4n) is 12.0. The van der Waals surface area contributed by atoms with Gasteiger partial charge in [-0.15, -0.1) is 0 Å². The van der Waals surface area contributed by atoms with Crippen molar-refractivity contribution in [3.8, 4) is 0 Å². The maximum Gasteiger partial charge on any atom is 0.0987 e. The summed E-state index contributed by atoms with van der Waals surface area (Å²) in [5, 5.41) is 21.8. The van der Waals surface area contributed by atoms with Crippen LogP contribution in [-0.4, -0.2) is 34.1 Å². The molecule has 6 rings (SSSR count). The Hall–Kier alpha value is -0.120. The van der Waals surface area contributed by atoms with E-state index in [2.05, 4.69) is 48.5 Å². The molecule has 0 aromatic heterocycles. The summed E-state index contributed by atoms with van der Waals surface area (Å²) in [4.78, 5) is 0. The molecule has 11 atom stereocenters. The van der Waals surface area contributed by atoms with Gasteiger partial charge in [-0.1, -0.05) is 48.5 Å². The van der Waals surface area contributed by atoms with E-state index in [-0.39, 0.29) is 34.1 Å². The maximum atomic E-state index is 10.9. The topological polar surface area (TPSA) is 53.0 Å². The fourth-order valence-corrected chi connectivity index (χ4v) is 12.0. The van der Waals surface area contributed by atoms with Crippen molar-refractivity contribution in [3.63, 3.8) is 0 Å². The predicted molar refractivity (Wildman–Crippen MR) is 132 cm³/mol. The lowest BCUT2D eigenvalue weighted by Crippen LogP contribution is -2.59. The van der Waals surface area contributed by atoms with Crippen LogP contribution in [0, 0.1) is 50.7 Å². The van der Waals surface area contributed by atoms with Crippen LogP contribution in [0.2, 0.25) is 0 Å². The van der Waals surface area contributed by atoms with Crippen molar-refractivity contribution in [2.75, 3.05) is 0 Å². The van der Waals surface area contributed by atoms with E-state index in [0.717, 1.165) is 31.6 Å². The van der Waals surface area contributed by atoms with E-state index in [1.54, 1.807) is 0 Å². The van der Waals surface area contributed by atoms with Crippen LogP contribution in [0.25, 0.3) is 0 Å². The zero-order valence-electron chi connectivity index (χ0n) is 22.4. The molecule has 1 saturated heterocycles. The van der Waals surface area contributed by atoms with Crippen LogP contribution in [0.5, 0.6) is 0 Å². The summed E-state index contributed by atoms with van der Waals surface area (Å²) in [5.74, 6) is 2.53. The summed E-state index contributed by atoms with van der Waals surface area (Å²) in [6.45, 7) is 17.2. The first-order valence-electron chi connectivity index (χ1n) is 14.3. The van der Waals surface area contributed by atoms with Crippen molar-refractivity contribution in [2.45, 2.75) is 137 Å². The number of aliphatic hydroxyl groups is 2. The predicted octanol–water partition coefficient (Wildman–Crippen LogP) is 6.35. The Morgan fingerprint density at radius 2 is 1.15 bits per heavy atom. The van der Waals surface area contributed by atoms with Crippen molar-refractivity contribution < 1.29 is 14.9 Å². The molecule has 0 radical (unpaired) electrons. The average molecular weight is 459 g/mol. The van der Waals surface area contributed by atoms with Gasteiger partial charge < -0.3 is 14.9 Å². The van der Waals surface area contributed by atoms with Crippen molar-refractivity contribution >= 4 is 0 Å². The molecule has 0 aromatic carbocycles. The van der Waals surface area contributed by atoms with Crippen molar-refractivity contribution in [1.29, 1.82) is 0 Å². The molecular weight excluding hydrogens is 408 g/mol. The fraction of sp³-hybridized carbons (Fsp3) is 1.00. The van der Waals surface area contributed by atoms with Gasteiger partial charge in [-0.05, 0) is 115 Å². The molecule has 188 valence electrons. The quantitative estimate of drug-likeness (QED) is 0.416. The molecule has 6 fully saturated rings. The van der Waals surface area contributed by atoms with E-state index in [1.165, 1.54) is 38.5 Å². The zero-order chi connectivity index (χ0) is 23.8. The zero-order valence-corrected chi connectivity index (χ0v) is 22.4. The first-order chi connectivity index (χ1) is 15.2. The second kappa shape index (κ2) is 6.60. The summed E-state index contributed by atoms with van der Waals surface area (Å²) in [5.41, 5.74) is 1.05. The van der Waals surface area contributed by atoms with Gasteiger partial charge in [0.25, 0.3) is 0 Å². The van der Waals surface area contributed by atoms with Gasteiger partial charge in [0.1, 0.15) is 0 Å². The molecule has 2 N–H and O–H groups in total. The Morgan fingerprint density at radius 1 is 0.606 bits per heavy atom. The van der Waals surface area contributed by atoms with Gasteiger partial charge in [-0.25, -0.2) is 0 Å². The Bertz CT molecular complexity index is 816. The monoisotopic (exact) mass is 458 g/mol. The largest absolute Gasteiger partial charge is 0.393 e. The van der Waals surface area contributed by atoms with Gasteiger partial charge in [0, 0.05) is 0 Å². The minimum absolute atomic E-state index is 0.0188. The van der Waals surface area contributed by atoms with E-state index < -0.39 is 0 Å². The van der Waals surface area contributed by atoms with Crippen molar-refractivity contribution in [1.82, 2.24) is 0 Å². The average Bonchev–Trinajstić information content (AvgIpc) is 3.43. The summed E-state index contributed by atoms with van der Waals surface area (Å²) in [6, 6.07) is 0. The highest BCUT2D eigenvalue weighted by Gasteiger charge is 2.76. The van der Waals surface area contributed by atoms with Gasteiger partial charge in [-0.2, -0.15) is 0 Å². The van der Waals surface area contributed by atoms with Crippen molar-refractivity contribution in [3.05, 3.63) is 0 Å². The SMILES string of the molecule is CC1(C)[C@@H](O)CC[C@@]2(C)[C@H]1CC[C@@]1(C)C[C@@]34O[C@@H]3C[C@H]3C(C)(C)[C@H](O)CC[C@]3(C)[C@H]4CC[C@@H]12. The molecule has 33 heavy (non-hydrogen) atoms. The number of aliphatic hydroxyl groups excluding tert-OH is 2. The van der Waals surface area contributed by atoms with Crippen LogP contribution >= 0.6 is 0 Å². The lowest BCUT2D eigenvalue weighted by molar-refractivity contribution is -0.173. The number of hydrogen-bond acceptors (Lipinski definition) is 3. The maximum absolute atomic E-state index is 10.9. The van der Waals surface area contributed by atoms with E-state index in [1.807, 2.05) is 0 Å². The van der Waals surface area contributed by atoms with Crippen LogP contribution in [0.4, 0.5) is 0 Å². The molecule has 1 spiro atoms. The highest BCUT2D eigenvalue weighted by molar-refractivity contribution is 5.24. The molecule has 0 aromatic rings. The molecule has 3 nitrogen and oxygen atoms in total. The highest BCUT2D eigenvalue weighted by Crippen LogP contribution is 2.76. The Labute approximate surface area is 202 Å². The Balaban J connectivity index is 1.38. The number of fused-ring (bicyclic) bond motifs is 5. The summed E-state index contributed by atoms with van der Waals surface area (Å²) < 4.78 is 6.85. The van der Waals surface area contributed by atoms with Crippen LogP contribution < -0.4 is 0 Å². The number of rotatable bonds is 0. The van der Waals surface area contributed by atoms with E-state index in [0.29, 0.717) is 34.7 Å². The third-order valence-electron chi connectivity index (χ3n) is 13.8.